The summed E-state index contributed by atoms with van der Waals surface area (Å²) in [5.41, 5.74) is 2.84. The van der Waals surface area contributed by atoms with Crippen LogP contribution in [-0.2, 0) is 6.54 Å². The van der Waals surface area contributed by atoms with E-state index in [1.807, 2.05) is 47.4 Å². The molecule has 0 aliphatic carbocycles. The van der Waals surface area contributed by atoms with Gasteiger partial charge < -0.3 is 14.8 Å². The highest BCUT2D eigenvalue weighted by molar-refractivity contribution is 6.33. The van der Waals surface area contributed by atoms with E-state index in [0.29, 0.717) is 17.3 Å². The quantitative estimate of drug-likeness (QED) is 0.709. The van der Waals surface area contributed by atoms with Crippen LogP contribution >= 0.6 is 11.6 Å². The van der Waals surface area contributed by atoms with Gasteiger partial charge in [0.25, 0.3) is 0 Å². The van der Waals surface area contributed by atoms with Gasteiger partial charge in [-0.3, -0.25) is 0 Å². The fourth-order valence-corrected chi connectivity index (χ4v) is 3.52. The second kappa shape index (κ2) is 6.65. The van der Waals surface area contributed by atoms with E-state index in [1.165, 1.54) is 0 Å². The van der Waals surface area contributed by atoms with Crippen molar-refractivity contribution in [2.45, 2.75) is 12.6 Å². The zero-order valence-electron chi connectivity index (χ0n) is 13.6. The average molecular weight is 352 g/mol. The van der Waals surface area contributed by atoms with E-state index in [9.17, 15) is 4.79 Å². The molecule has 2 amide bonds. The summed E-state index contributed by atoms with van der Waals surface area (Å²) < 4.78 is 2.21. The minimum Gasteiger partial charge on any atom is -0.348 e. The number of hydrogen-bond donors (Lipinski definition) is 1. The molecule has 0 bridgehead atoms. The van der Waals surface area contributed by atoms with Gasteiger partial charge in [-0.1, -0.05) is 54.1 Å². The number of urea groups is 1. The van der Waals surface area contributed by atoms with Crippen LogP contribution in [0.3, 0.4) is 0 Å². The van der Waals surface area contributed by atoms with E-state index in [0.717, 1.165) is 17.8 Å². The topological polar surface area (TPSA) is 37.3 Å². The Morgan fingerprint density at radius 3 is 2.52 bits per heavy atom. The number of para-hydroxylation sites is 1. The number of benzene rings is 2. The molecule has 0 saturated carbocycles. The monoisotopic (exact) mass is 351 g/mol. The standard InChI is InChI=1S/C20H18ClN3O/c21-16-9-4-5-10-17(16)22-20(25)24-14-13-23-12-6-11-18(23)19(24)15-7-2-1-3-8-15/h1-12,19H,13-14H2,(H,22,25)/t19-/m0/s1. The smallest absolute Gasteiger partial charge is 0.322 e. The van der Waals surface area contributed by atoms with Crippen molar-refractivity contribution in [1.29, 1.82) is 0 Å². The summed E-state index contributed by atoms with van der Waals surface area (Å²) in [6, 6.07) is 21.2. The fourth-order valence-electron chi connectivity index (χ4n) is 3.34. The molecule has 1 aliphatic heterocycles. The molecule has 5 heteroatoms. The number of halogens is 1. The third-order valence-corrected chi connectivity index (χ3v) is 4.86. The summed E-state index contributed by atoms with van der Waals surface area (Å²) in [4.78, 5) is 14.9. The van der Waals surface area contributed by atoms with Crippen molar-refractivity contribution in [1.82, 2.24) is 9.47 Å². The molecule has 3 aromatic rings. The summed E-state index contributed by atoms with van der Waals surface area (Å²) in [6.07, 6.45) is 2.06. The molecule has 4 rings (SSSR count). The molecule has 0 radical (unpaired) electrons. The molecular formula is C20H18ClN3O. The molecule has 2 aromatic carbocycles. The van der Waals surface area contributed by atoms with Crippen LogP contribution in [0.2, 0.25) is 5.02 Å². The molecule has 2 heterocycles. The highest BCUT2D eigenvalue weighted by Crippen LogP contribution is 2.33. The van der Waals surface area contributed by atoms with E-state index in [4.69, 9.17) is 11.6 Å². The Labute approximate surface area is 151 Å². The number of rotatable bonds is 2. The minimum absolute atomic E-state index is 0.118. The van der Waals surface area contributed by atoms with E-state index < -0.39 is 0 Å². The van der Waals surface area contributed by atoms with Crippen LogP contribution in [0, 0.1) is 0 Å². The third kappa shape index (κ3) is 3.01. The maximum absolute atomic E-state index is 13.0. The van der Waals surface area contributed by atoms with Gasteiger partial charge in [0, 0.05) is 25.0 Å². The van der Waals surface area contributed by atoms with Gasteiger partial charge in [-0.25, -0.2) is 4.79 Å². The maximum atomic E-state index is 13.0. The van der Waals surface area contributed by atoms with Crippen molar-refractivity contribution in [3.8, 4) is 0 Å². The average Bonchev–Trinajstić information content (AvgIpc) is 3.12. The van der Waals surface area contributed by atoms with Crippen LogP contribution in [0.15, 0.2) is 72.9 Å². The molecule has 0 unspecified atom stereocenters. The zero-order valence-corrected chi connectivity index (χ0v) is 14.4. The van der Waals surface area contributed by atoms with Crippen LogP contribution in [0.1, 0.15) is 17.3 Å². The fraction of sp³-hybridized carbons (Fsp3) is 0.150. The van der Waals surface area contributed by atoms with E-state index in [-0.39, 0.29) is 12.1 Å². The van der Waals surface area contributed by atoms with Crippen LogP contribution in [0.4, 0.5) is 10.5 Å². The van der Waals surface area contributed by atoms with E-state index >= 15 is 0 Å². The number of anilines is 1. The Morgan fingerprint density at radius 1 is 0.960 bits per heavy atom. The Bertz CT molecular complexity index is 891. The number of fused-ring (bicyclic) bond motifs is 1. The van der Waals surface area contributed by atoms with Crippen molar-refractivity contribution in [2.24, 2.45) is 0 Å². The summed E-state index contributed by atoms with van der Waals surface area (Å²) in [6.45, 7) is 1.42. The third-order valence-electron chi connectivity index (χ3n) is 4.53. The Hall–Kier alpha value is -2.72. The van der Waals surface area contributed by atoms with Gasteiger partial charge in [-0.2, -0.15) is 0 Å². The minimum atomic E-state index is -0.144. The van der Waals surface area contributed by atoms with Crippen LogP contribution in [-0.4, -0.2) is 22.0 Å². The molecule has 126 valence electrons. The molecule has 4 nitrogen and oxygen atoms in total. The molecular weight excluding hydrogens is 334 g/mol. The normalized spacial score (nSPS) is 16.4. The van der Waals surface area contributed by atoms with Crippen LogP contribution < -0.4 is 5.32 Å². The predicted octanol–water partition coefficient (Wildman–Crippen LogP) is 4.78. The van der Waals surface area contributed by atoms with Gasteiger partial charge in [0.05, 0.1) is 16.8 Å². The number of carbonyl (C=O) groups excluding carboxylic acids is 1. The molecule has 1 atom stereocenters. The van der Waals surface area contributed by atoms with Gasteiger partial charge >= 0.3 is 6.03 Å². The first-order valence-electron chi connectivity index (χ1n) is 8.26. The number of nitrogens with one attached hydrogen (secondary N) is 1. The number of amides is 2. The highest BCUT2D eigenvalue weighted by Gasteiger charge is 2.32. The first-order chi connectivity index (χ1) is 12.2. The largest absolute Gasteiger partial charge is 0.348 e. The molecule has 0 fully saturated rings. The van der Waals surface area contributed by atoms with Gasteiger partial charge in [-0.05, 0) is 29.8 Å². The predicted molar refractivity (Wildman–Crippen MR) is 99.9 cm³/mol. The van der Waals surface area contributed by atoms with Crippen molar-refractivity contribution >= 4 is 23.3 Å². The first kappa shape index (κ1) is 15.8. The lowest BCUT2D eigenvalue weighted by Crippen LogP contribution is -2.44. The second-order valence-electron chi connectivity index (χ2n) is 6.04. The number of nitrogens with zero attached hydrogens (tertiary/aromatic N) is 2. The van der Waals surface area contributed by atoms with Gasteiger partial charge in [0.1, 0.15) is 0 Å². The van der Waals surface area contributed by atoms with Crippen molar-refractivity contribution < 1.29 is 4.79 Å². The van der Waals surface area contributed by atoms with Crippen LogP contribution in [0.5, 0.6) is 0 Å². The lowest BCUT2D eigenvalue weighted by molar-refractivity contribution is 0.182. The second-order valence-corrected chi connectivity index (χ2v) is 6.45. The number of hydrogen-bond acceptors (Lipinski definition) is 1. The SMILES string of the molecule is O=C(Nc1ccccc1Cl)N1CCn2cccc2[C@@H]1c1ccccc1. The number of carbonyl (C=O) groups is 1. The highest BCUT2D eigenvalue weighted by atomic mass is 35.5. The Balaban J connectivity index is 1.68. The van der Waals surface area contributed by atoms with Gasteiger partial charge in [-0.15, -0.1) is 0 Å². The van der Waals surface area contributed by atoms with Gasteiger partial charge in [0.15, 0.2) is 0 Å². The van der Waals surface area contributed by atoms with Gasteiger partial charge in [0.2, 0.25) is 0 Å². The molecule has 1 aliphatic rings. The lowest BCUT2D eigenvalue weighted by atomic mass is 10.0. The Kier molecular flexibility index (Phi) is 4.20. The van der Waals surface area contributed by atoms with E-state index in [2.05, 4.69) is 34.3 Å². The van der Waals surface area contributed by atoms with Crippen molar-refractivity contribution in [3.05, 3.63) is 89.2 Å². The summed E-state index contributed by atoms with van der Waals surface area (Å²) >= 11 is 6.19. The molecule has 1 aromatic heterocycles. The molecule has 1 N–H and O–H groups in total. The summed E-state index contributed by atoms with van der Waals surface area (Å²) in [7, 11) is 0. The summed E-state index contributed by atoms with van der Waals surface area (Å²) in [5.74, 6) is 0. The zero-order chi connectivity index (χ0) is 17.2. The Morgan fingerprint density at radius 2 is 1.72 bits per heavy atom. The van der Waals surface area contributed by atoms with Crippen molar-refractivity contribution in [3.63, 3.8) is 0 Å². The van der Waals surface area contributed by atoms with Crippen LogP contribution in [0.25, 0.3) is 0 Å². The summed E-state index contributed by atoms with van der Waals surface area (Å²) in [5, 5.41) is 3.48. The molecule has 25 heavy (non-hydrogen) atoms. The lowest BCUT2D eigenvalue weighted by Gasteiger charge is -2.37. The molecule has 0 saturated heterocycles. The van der Waals surface area contributed by atoms with E-state index in [1.54, 1.807) is 6.07 Å². The maximum Gasteiger partial charge on any atom is 0.322 e. The van der Waals surface area contributed by atoms with Crippen molar-refractivity contribution in [2.75, 3.05) is 11.9 Å². The molecule has 0 spiro atoms. The number of aromatic nitrogens is 1. The first-order valence-corrected chi connectivity index (χ1v) is 8.64.